The summed E-state index contributed by atoms with van der Waals surface area (Å²) in [5.74, 6) is -1.16. The Morgan fingerprint density at radius 1 is 0.893 bits per heavy atom. The number of thioether (sulfide) groups is 1. The summed E-state index contributed by atoms with van der Waals surface area (Å²) >= 11 is 1.32. The van der Waals surface area contributed by atoms with E-state index in [4.69, 9.17) is 0 Å². The first-order valence-electron chi connectivity index (χ1n) is 8.84. The Labute approximate surface area is 168 Å². The third kappa shape index (κ3) is 7.31. The molecule has 0 spiro atoms. The monoisotopic (exact) mass is 406 g/mol. The Morgan fingerprint density at radius 3 is 1.79 bits per heavy atom. The lowest BCUT2D eigenvalue weighted by molar-refractivity contribution is -0.125. The number of halogens is 2. The van der Waals surface area contributed by atoms with Crippen LogP contribution < -0.4 is 10.6 Å². The number of carbonyl (C=O) groups is 2. The Hall–Kier alpha value is -2.41. The molecule has 7 heteroatoms. The SMILES string of the molecule is CC(C)(C)NC(=O)CNC(=O)CSC(c1ccc(F)cc1)c1ccc(F)cc1. The van der Waals surface area contributed by atoms with Crippen LogP contribution in [0.1, 0.15) is 37.1 Å². The maximum Gasteiger partial charge on any atom is 0.239 e. The number of benzene rings is 2. The van der Waals surface area contributed by atoms with E-state index in [-0.39, 0.29) is 46.5 Å². The maximum absolute atomic E-state index is 13.3. The van der Waals surface area contributed by atoms with Crippen LogP contribution in [0.25, 0.3) is 0 Å². The molecule has 2 rings (SSSR count). The van der Waals surface area contributed by atoms with Gasteiger partial charge in [0.2, 0.25) is 11.8 Å². The van der Waals surface area contributed by atoms with Crippen molar-refractivity contribution in [2.45, 2.75) is 31.6 Å². The number of rotatable bonds is 7. The summed E-state index contributed by atoms with van der Waals surface area (Å²) in [5.41, 5.74) is 1.24. The highest BCUT2D eigenvalue weighted by Gasteiger charge is 2.18. The Kier molecular flexibility index (Phi) is 7.57. The summed E-state index contributed by atoms with van der Waals surface area (Å²) in [4.78, 5) is 24.0. The number of hydrogen-bond donors (Lipinski definition) is 2. The first-order valence-corrected chi connectivity index (χ1v) is 9.89. The molecule has 0 aliphatic carbocycles. The van der Waals surface area contributed by atoms with Crippen LogP contribution in [0.2, 0.25) is 0 Å². The molecular formula is C21H24F2N2O2S. The van der Waals surface area contributed by atoms with Crippen molar-refractivity contribution in [1.29, 1.82) is 0 Å². The minimum atomic E-state index is -0.368. The molecule has 2 amide bonds. The van der Waals surface area contributed by atoms with Gasteiger partial charge < -0.3 is 10.6 Å². The second-order valence-electron chi connectivity index (χ2n) is 7.37. The molecule has 2 N–H and O–H groups in total. The number of hydrogen-bond acceptors (Lipinski definition) is 3. The molecule has 150 valence electrons. The smallest absolute Gasteiger partial charge is 0.239 e. The Morgan fingerprint density at radius 2 is 1.36 bits per heavy atom. The Bertz CT molecular complexity index is 757. The molecule has 2 aromatic carbocycles. The van der Waals surface area contributed by atoms with E-state index in [1.165, 1.54) is 36.0 Å². The van der Waals surface area contributed by atoms with Crippen molar-refractivity contribution in [1.82, 2.24) is 10.6 Å². The van der Waals surface area contributed by atoms with Crippen LogP contribution in [0.5, 0.6) is 0 Å². The van der Waals surface area contributed by atoms with Gasteiger partial charge in [0.15, 0.2) is 0 Å². The van der Waals surface area contributed by atoms with Crippen LogP contribution in [0.15, 0.2) is 48.5 Å². The number of carbonyl (C=O) groups excluding carboxylic acids is 2. The molecule has 2 aromatic rings. The van der Waals surface area contributed by atoms with Crippen LogP contribution in [-0.2, 0) is 9.59 Å². The van der Waals surface area contributed by atoms with Gasteiger partial charge in [0.25, 0.3) is 0 Å². The first kappa shape index (κ1) is 21.9. The summed E-state index contributed by atoms with van der Waals surface area (Å²) in [6.07, 6.45) is 0. The highest BCUT2D eigenvalue weighted by atomic mass is 32.2. The molecule has 28 heavy (non-hydrogen) atoms. The zero-order valence-corrected chi connectivity index (χ0v) is 16.9. The fraction of sp³-hybridized carbons (Fsp3) is 0.333. The second-order valence-corrected chi connectivity index (χ2v) is 8.46. The fourth-order valence-electron chi connectivity index (χ4n) is 2.51. The highest BCUT2D eigenvalue weighted by molar-refractivity contribution is 8.00. The molecule has 0 unspecified atom stereocenters. The largest absolute Gasteiger partial charge is 0.350 e. The topological polar surface area (TPSA) is 58.2 Å². The highest BCUT2D eigenvalue weighted by Crippen LogP contribution is 2.35. The maximum atomic E-state index is 13.3. The average Bonchev–Trinajstić information content (AvgIpc) is 2.61. The lowest BCUT2D eigenvalue weighted by Gasteiger charge is -2.21. The van der Waals surface area contributed by atoms with E-state index in [1.807, 2.05) is 20.8 Å². The molecule has 0 saturated heterocycles. The molecule has 4 nitrogen and oxygen atoms in total. The van der Waals surface area contributed by atoms with E-state index in [0.29, 0.717) is 0 Å². The molecule has 0 aliphatic rings. The molecule has 0 aromatic heterocycles. The van der Waals surface area contributed by atoms with Crippen molar-refractivity contribution in [3.63, 3.8) is 0 Å². The van der Waals surface area contributed by atoms with Gasteiger partial charge in [-0.3, -0.25) is 9.59 Å². The summed E-state index contributed by atoms with van der Waals surface area (Å²) in [6, 6.07) is 12.0. The van der Waals surface area contributed by atoms with E-state index < -0.39 is 0 Å². The zero-order chi connectivity index (χ0) is 20.7. The molecule has 0 saturated carbocycles. The molecule has 0 aliphatic heterocycles. The number of amides is 2. The molecule has 0 radical (unpaired) electrons. The van der Waals surface area contributed by atoms with Gasteiger partial charge >= 0.3 is 0 Å². The minimum Gasteiger partial charge on any atom is -0.350 e. The van der Waals surface area contributed by atoms with Crippen LogP contribution >= 0.6 is 11.8 Å². The van der Waals surface area contributed by atoms with Crippen LogP contribution in [0.3, 0.4) is 0 Å². The van der Waals surface area contributed by atoms with Crippen LogP contribution in [-0.4, -0.2) is 29.7 Å². The van der Waals surface area contributed by atoms with Gasteiger partial charge in [-0.05, 0) is 56.2 Å². The van der Waals surface area contributed by atoms with E-state index in [2.05, 4.69) is 10.6 Å². The summed E-state index contributed by atoms with van der Waals surface area (Å²) < 4.78 is 26.5. The predicted molar refractivity (Wildman–Crippen MR) is 108 cm³/mol. The first-order chi connectivity index (χ1) is 13.1. The van der Waals surface area contributed by atoms with Crippen molar-refractivity contribution in [3.05, 3.63) is 71.3 Å². The molecule has 0 atom stereocenters. The van der Waals surface area contributed by atoms with E-state index in [1.54, 1.807) is 24.3 Å². The van der Waals surface area contributed by atoms with E-state index in [9.17, 15) is 18.4 Å². The molecule has 0 bridgehead atoms. The van der Waals surface area contributed by atoms with E-state index in [0.717, 1.165) is 11.1 Å². The van der Waals surface area contributed by atoms with Gasteiger partial charge in [-0.1, -0.05) is 24.3 Å². The molecule has 0 heterocycles. The van der Waals surface area contributed by atoms with Crippen molar-refractivity contribution >= 4 is 23.6 Å². The van der Waals surface area contributed by atoms with E-state index >= 15 is 0 Å². The van der Waals surface area contributed by atoms with Gasteiger partial charge in [-0.2, -0.15) is 0 Å². The number of nitrogens with one attached hydrogen (secondary N) is 2. The third-order valence-corrected chi connectivity index (χ3v) is 4.99. The van der Waals surface area contributed by atoms with Crippen molar-refractivity contribution in [2.75, 3.05) is 12.3 Å². The van der Waals surface area contributed by atoms with Crippen molar-refractivity contribution < 1.29 is 18.4 Å². The average molecular weight is 406 g/mol. The molecular weight excluding hydrogens is 382 g/mol. The van der Waals surface area contributed by atoms with Gasteiger partial charge in [-0.25, -0.2) is 8.78 Å². The fourth-order valence-corrected chi connectivity index (χ4v) is 3.63. The van der Waals surface area contributed by atoms with Gasteiger partial charge in [0, 0.05) is 5.54 Å². The van der Waals surface area contributed by atoms with Gasteiger partial charge in [0.05, 0.1) is 17.5 Å². The summed E-state index contributed by atoms with van der Waals surface area (Å²) in [7, 11) is 0. The predicted octanol–water partition coefficient (Wildman–Crippen LogP) is 3.82. The van der Waals surface area contributed by atoms with Crippen LogP contribution in [0, 0.1) is 11.6 Å². The Balaban J connectivity index is 2.00. The standard InChI is InChI=1S/C21H24F2N2O2S/c1-21(2,3)25-18(26)12-24-19(27)13-28-20(14-4-8-16(22)9-5-14)15-6-10-17(23)11-7-15/h4-11,20H,12-13H2,1-3H3,(H,24,27)(H,25,26). The summed E-state index contributed by atoms with van der Waals surface area (Å²) in [6.45, 7) is 5.48. The van der Waals surface area contributed by atoms with Gasteiger partial charge in [0.1, 0.15) is 11.6 Å². The quantitative estimate of drug-likeness (QED) is 0.735. The summed E-state index contributed by atoms with van der Waals surface area (Å²) in [5, 5.41) is 5.09. The minimum absolute atomic E-state index is 0.0994. The lowest BCUT2D eigenvalue weighted by Crippen LogP contribution is -2.46. The lowest BCUT2D eigenvalue weighted by atomic mass is 10.0. The normalized spacial score (nSPS) is 11.4. The van der Waals surface area contributed by atoms with Crippen LogP contribution in [0.4, 0.5) is 8.78 Å². The van der Waals surface area contributed by atoms with Gasteiger partial charge in [-0.15, -0.1) is 11.8 Å². The van der Waals surface area contributed by atoms with Crippen molar-refractivity contribution in [3.8, 4) is 0 Å². The van der Waals surface area contributed by atoms with Crippen molar-refractivity contribution in [2.24, 2.45) is 0 Å². The zero-order valence-electron chi connectivity index (χ0n) is 16.1. The molecule has 0 fully saturated rings. The third-order valence-electron chi connectivity index (χ3n) is 3.69. The second kappa shape index (κ2) is 9.68.